The number of aromatic nitrogens is 2. The lowest BCUT2D eigenvalue weighted by molar-refractivity contribution is -0.118. The first-order chi connectivity index (χ1) is 13.7. The Morgan fingerprint density at radius 1 is 1.24 bits per heavy atom. The third-order valence-electron chi connectivity index (χ3n) is 4.54. The number of ether oxygens (including phenoxy) is 1. The van der Waals surface area contributed by atoms with Gasteiger partial charge in [0.2, 0.25) is 5.91 Å². The fraction of sp³-hybridized carbons (Fsp3) is 0.476. The van der Waals surface area contributed by atoms with Gasteiger partial charge in [0.05, 0.1) is 6.42 Å². The van der Waals surface area contributed by atoms with Gasteiger partial charge in [-0.1, -0.05) is 43.7 Å². The lowest BCUT2D eigenvalue weighted by Gasteiger charge is -2.25. The Morgan fingerprint density at radius 3 is 2.48 bits per heavy atom. The van der Waals surface area contributed by atoms with E-state index in [4.69, 9.17) is 10.5 Å². The number of H-pyrrole nitrogens is 1. The molecular formula is C21H30N4O4. The highest BCUT2D eigenvalue weighted by molar-refractivity contribution is 5.96. The van der Waals surface area contributed by atoms with E-state index in [0.29, 0.717) is 19.6 Å². The van der Waals surface area contributed by atoms with Crippen molar-refractivity contribution in [2.45, 2.75) is 40.2 Å². The number of carbonyl (C=O) groups is 1. The van der Waals surface area contributed by atoms with Crippen molar-refractivity contribution in [1.82, 2.24) is 9.55 Å². The molecule has 0 aliphatic rings. The van der Waals surface area contributed by atoms with Crippen LogP contribution < -0.4 is 21.9 Å². The molecule has 29 heavy (non-hydrogen) atoms. The minimum atomic E-state index is -0.665. The number of nitrogens with two attached hydrogens (primary N) is 1. The maximum atomic E-state index is 13.1. The summed E-state index contributed by atoms with van der Waals surface area (Å²) in [4.78, 5) is 41.6. The number of hydrogen-bond acceptors (Lipinski definition) is 5. The molecular weight excluding hydrogens is 372 g/mol. The van der Waals surface area contributed by atoms with Crippen LogP contribution in [0.4, 0.5) is 11.5 Å². The molecule has 0 aliphatic heterocycles. The van der Waals surface area contributed by atoms with Crippen LogP contribution in [0.1, 0.15) is 31.4 Å². The zero-order valence-electron chi connectivity index (χ0n) is 17.5. The molecule has 3 N–H and O–H groups in total. The van der Waals surface area contributed by atoms with Gasteiger partial charge in [-0.25, -0.2) is 4.79 Å². The number of nitrogens with one attached hydrogen (secondary N) is 1. The van der Waals surface area contributed by atoms with Crippen LogP contribution in [0.25, 0.3) is 0 Å². The monoisotopic (exact) mass is 402 g/mol. The van der Waals surface area contributed by atoms with E-state index in [1.807, 2.05) is 45.0 Å². The summed E-state index contributed by atoms with van der Waals surface area (Å²) in [6.45, 7) is 6.88. The van der Waals surface area contributed by atoms with Crippen molar-refractivity contribution < 1.29 is 9.53 Å². The van der Waals surface area contributed by atoms with Gasteiger partial charge in [0.15, 0.2) is 5.69 Å². The third-order valence-corrected chi connectivity index (χ3v) is 4.54. The van der Waals surface area contributed by atoms with Crippen molar-refractivity contribution in [1.29, 1.82) is 0 Å². The summed E-state index contributed by atoms with van der Waals surface area (Å²) in [5.41, 5.74) is 6.91. The number of amides is 1. The molecule has 0 fully saturated rings. The molecule has 1 heterocycles. The van der Waals surface area contributed by atoms with E-state index >= 15 is 0 Å². The molecule has 1 aromatic carbocycles. The molecule has 2 aromatic rings. The van der Waals surface area contributed by atoms with Crippen LogP contribution in [0.5, 0.6) is 0 Å². The van der Waals surface area contributed by atoms with E-state index in [1.165, 1.54) is 9.47 Å². The van der Waals surface area contributed by atoms with Crippen molar-refractivity contribution in [2.24, 2.45) is 5.92 Å². The average molecular weight is 402 g/mol. The SMILES string of the molecule is COCCCN(C(=O)Cc1ccc(C)cc1)c1c(N)n(CC(C)C)c(=O)[nH]c1=O. The highest BCUT2D eigenvalue weighted by Crippen LogP contribution is 2.19. The first-order valence-electron chi connectivity index (χ1n) is 9.72. The fourth-order valence-corrected chi connectivity index (χ4v) is 3.09. The van der Waals surface area contributed by atoms with E-state index in [9.17, 15) is 14.4 Å². The molecule has 0 saturated heterocycles. The highest BCUT2D eigenvalue weighted by Gasteiger charge is 2.24. The van der Waals surface area contributed by atoms with E-state index in [0.717, 1.165) is 11.1 Å². The largest absolute Gasteiger partial charge is 0.385 e. The standard InChI is InChI=1S/C21H30N4O4/c1-14(2)13-25-19(22)18(20(27)23-21(25)28)24(10-5-11-29-4)17(26)12-16-8-6-15(3)7-9-16/h6-9,14H,5,10-13,22H2,1-4H3,(H,23,27,28). The van der Waals surface area contributed by atoms with E-state index in [2.05, 4.69) is 4.98 Å². The highest BCUT2D eigenvalue weighted by atomic mass is 16.5. The summed E-state index contributed by atoms with van der Waals surface area (Å²) < 4.78 is 6.39. The summed E-state index contributed by atoms with van der Waals surface area (Å²) in [6, 6.07) is 7.63. The van der Waals surface area contributed by atoms with Crippen LogP contribution in [0.3, 0.4) is 0 Å². The molecule has 0 spiro atoms. The lowest BCUT2D eigenvalue weighted by Crippen LogP contribution is -2.42. The van der Waals surface area contributed by atoms with Gasteiger partial charge >= 0.3 is 5.69 Å². The van der Waals surface area contributed by atoms with Crippen LogP contribution in [0.15, 0.2) is 33.9 Å². The van der Waals surface area contributed by atoms with Crippen LogP contribution in [0.2, 0.25) is 0 Å². The molecule has 0 aliphatic carbocycles. The van der Waals surface area contributed by atoms with Gasteiger partial charge in [-0.15, -0.1) is 0 Å². The fourth-order valence-electron chi connectivity index (χ4n) is 3.09. The van der Waals surface area contributed by atoms with E-state index < -0.39 is 11.2 Å². The van der Waals surface area contributed by atoms with Crippen molar-refractivity contribution in [3.63, 3.8) is 0 Å². The summed E-state index contributed by atoms with van der Waals surface area (Å²) >= 11 is 0. The predicted octanol–water partition coefficient (Wildman–Crippen LogP) is 1.70. The predicted molar refractivity (Wildman–Crippen MR) is 114 cm³/mol. The number of hydrogen-bond donors (Lipinski definition) is 2. The second-order valence-corrected chi connectivity index (χ2v) is 7.55. The van der Waals surface area contributed by atoms with Crippen LogP contribution in [-0.4, -0.2) is 35.7 Å². The minimum Gasteiger partial charge on any atom is -0.385 e. The summed E-state index contributed by atoms with van der Waals surface area (Å²) in [5.74, 6) is -0.127. The second kappa shape index (κ2) is 10.1. The van der Waals surface area contributed by atoms with E-state index in [1.54, 1.807) is 7.11 Å². The number of nitrogens with zero attached hydrogens (tertiary/aromatic N) is 2. The van der Waals surface area contributed by atoms with Crippen LogP contribution in [0, 0.1) is 12.8 Å². The lowest BCUT2D eigenvalue weighted by atomic mass is 10.1. The number of aromatic amines is 1. The molecule has 1 amide bonds. The topological polar surface area (TPSA) is 110 Å². The van der Waals surface area contributed by atoms with Gasteiger partial charge in [-0.05, 0) is 24.8 Å². The summed E-state index contributed by atoms with van der Waals surface area (Å²) in [5, 5.41) is 0. The molecule has 158 valence electrons. The van der Waals surface area contributed by atoms with Gasteiger partial charge in [0.1, 0.15) is 5.82 Å². The quantitative estimate of drug-likeness (QED) is 0.620. The number of methoxy groups -OCH3 is 1. The van der Waals surface area contributed by atoms with Gasteiger partial charge in [0, 0.05) is 26.8 Å². The van der Waals surface area contributed by atoms with Gasteiger partial charge in [-0.2, -0.15) is 0 Å². The number of aryl methyl sites for hydroxylation is 1. The molecule has 8 heteroatoms. The maximum Gasteiger partial charge on any atom is 0.330 e. The molecule has 0 bridgehead atoms. The summed E-state index contributed by atoms with van der Waals surface area (Å²) in [6.07, 6.45) is 0.647. The molecule has 0 radical (unpaired) electrons. The van der Waals surface area contributed by atoms with Crippen molar-refractivity contribution in [3.8, 4) is 0 Å². The van der Waals surface area contributed by atoms with Crippen molar-refractivity contribution in [3.05, 3.63) is 56.2 Å². The maximum absolute atomic E-state index is 13.1. The van der Waals surface area contributed by atoms with Crippen molar-refractivity contribution >= 4 is 17.4 Å². The molecule has 2 rings (SSSR count). The van der Waals surface area contributed by atoms with Crippen LogP contribution >= 0.6 is 0 Å². The van der Waals surface area contributed by atoms with Crippen molar-refractivity contribution in [2.75, 3.05) is 30.9 Å². The van der Waals surface area contributed by atoms with Gasteiger partial charge < -0.3 is 15.4 Å². The molecule has 0 unspecified atom stereocenters. The number of nitrogen functional groups attached to an aromatic ring is 1. The molecule has 0 atom stereocenters. The Balaban J connectivity index is 2.45. The smallest absolute Gasteiger partial charge is 0.330 e. The zero-order chi connectivity index (χ0) is 21.6. The number of anilines is 2. The Bertz CT molecular complexity index is 945. The molecule has 8 nitrogen and oxygen atoms in total. The third kappa shape index (κ3) is 5.80. The van der Waals surface area contributed by atoms with Crippen LogP contribution in [-0.2, 0) is 22.5 Å². The molecule has 0 saturated carbocycles. The van der Waals surface area contributed by atoms with E-state index in [-0.39, 0.29) is 36.3 Å². The summed E-state index contributed by atoms with van der Waals surface area (Å²) in [7, 11) is 1.57. The Labute approximate surface area is 170 Å². The average Bonchev–Trinajstić information content (AvgIpc) is 2.65. The Morgan fingerprint density at radius 2 is 1.90 bits per heavy atom. The zero-order valence-corrected chi connectivity index (χ0v) is 17.5. The Hall–Kier alpha value is -2.87. The number of carbonyl (C=O) groups excluding carboxylic acids is 1. The van der Waals surface area contributed by atoms with Gasteiger partial charge in [0.25, 0.3) is 5.56 Å². The second-order valence-electron chi connectivity index (χ2n) is 7.55. The first-order valence-corrected chi connectivity index (χ1v) is 9.72. The normalized spacial score (nSPS) is 11.1. The minimum absolute atomic E-state index is 0.00197. The van der Waals surface area contributed by atoms with Gasteiger partial charge in [-0.3, -0.25) is 19.1 Å². The first kappa shape index (κ1) is 22.4. The Kier molecular flexibility index (Phi) is 7.78. The molecule has 1 aromatic heterocycles. The number of benzene rings is 1. The number of rotatable bonds is 9.